The van der Waals surface area contributed by atoms with Crippen molar-refractivity contribution in [3.8, 4) is 17.1 Å². The van der Waals surface area contributed by atoms with E-state index in [9.17, 15) is 32.7 Å². The van der Waals surface area contributed by atoms with Crippen LogP contribution in [0.4, 0.5) is 24.5 Å². The van der Waals surface area contributed by atoms with E-state index in [1.807, 2.05) is 11.8 Å². The van der Waals surface area contributed by atoms with Crippen LogP contribution in [-0.4, -0.2) is 81.8 Å². The maximum absolute atomic E-state index is 14.2. The summed E-state index contributed by atoms with van der Waals surface area (Å²) in [5.74, 6) is -1.06. The highest BCUT2D eigenvalue weighted by Gasteiger charge is 2.32. The lowest BCUT2D eigenvalue weighted by atomic mass is 10.2. The second-order valence-electron chi connectivity index (χ2n) is 11.7. The molecule has 2 N–H and O–H groups in total. The van der Waals surface area contributed by atoms with Crippen LogP contribution < -0.4 is 15.8 Å². The topological polar surface area (TPSA) is 155 Å². The predicted molar refractivity (Wildman–Crippen MR) is 180 cm³/mol. The summed E-state index contributed by atoms with van der Waals surface area (Å²) in [5, 5.41) is 21.2. The number of benzene rings is 1. The van der Waals surface area contributed by atoms with Gasteiger partial charge >= 0.3 is 6.18 Å². The first kappa shape index (κ1) is 33.5. The maximum Gasteiger partial charge on any atom is 0.416 e. The number of aromatic nitrogens is 7. The number of anilines is 2. The van der Waals surface area contributed by atoms with E-state index in [0.717, 1.165) is 28.2 Å². The molecule has 0 radical (unpaired) electrons. The zero-order chi connectivity index (χ0) is 36.0. The number of aromatic hydroxyl groups is 1. The molecule has 7 rings (SSSR count). The molecule has 51 heavy (non-hydrogen) atoms. The summed E-state index contributed by atoms with van der Waals surface area (Å²) in [4.78, 5) is 52.9. The van der Waals surface area contributed by atoms with E-state index in [1.54, 1.807) is 39.7 Å². The highest BCUT2D eigenvalue weighted by molar-refractivity contribution is 6.33. The fourth-order valence-electron chi connectivity index (χ4n) is 6.08. The number of hydrogen-bond donors (Lipinski definition) is 2. The minimum atomic E-state index is -4.62. The fourth-order valence-corrected chi connectivity index (χ4v) is 6.31. The van der Waals surface area contributed by atoms with Crippen LogP contribution in [0.5, 0.6) is 5.75 Å². The average molecular weight is 721 g/mol. The lowest BCUT2D eigenvalue weighted by Gasteiger charge is -2.36. The van der Waals surface area contributed by atoms with Crippen molar-refractivity contribution in [1.29, 1.82) is 0 Å². The molecule has 6 aromatic rings. The SMILES string of the molecule is CCc1c(N2CCN(C(=O)c3ncccc3O)CC2)c(=O)n2nc(-c3ccn4nccc4c3)nc2n1CC(=O)Nc1ccc(C(F)(F)F)cc1Cl. The van der Waals surface area contributed by atoms with E-state index in [0.29, 0.717) is 11.3 Å². The van der Waals surface area contributed by atoms with E-state index in [4.69, 9.17) is 11.6 Å². The van der Waals surface area contributed by atoms with Crippen molar-refractivity contribution < 1.29 is 27.9 Å². The van der Waals surface area contributed by atoms with Crippen LogP contribution in [0.3, 0.4) is 0 Å². The molecule has 0 bridgehead atoms. The Labute approximate surface area is 291 Å². The van der Waals surface area contributed by atoms with E-state index in [-0.39, 0.29) is 72.0 Å². The van der Waals surface area contributed by atoms with Crippen LogP contribution in [0.25, 0.3) is 22.7 Å². The fraction of sp³-hybridized carbons (Fsp3) is 0.242. The van der Waals surface area contributed by atoms with E-state index < -0.39 is 35.7 Å². The average Bonchev–Trinajstić information content (AvgIpc) is 3.78. The molecule has 14 nitrogen and oxygen atoms in total. The smallest absolute Gasteiger partial charge is 0.416 e. The summed E-state index contributed by atoms with van der Waals surface area (Å²) >= 11 is 6.12. The van der Waals surface area contributed by atoms with E-state index in [2.05, 4.69) is 25.5 Å². The largest absolute Gasteiger partial charge is 0.505 e. The van der Waals surface area contributed by atoms with Gasteiger partial charge in [0.1, 0.15) is 18.0 Å². The monoisotopic (exact) mass is 720 g/mol. The van der Waals surface area contributed by atoms with Crippen molar-refractivity contribution in [2.45, 2.75) is 26.1 Å². The number of rotatable bonds is 7. The Kier molecular flexibility index (Phi) is 8.58. The van der Waals surface area contributed by atoms with Gasteiger partial charge in [-0.3, -0.25) is 14.4 Å². The minimum absolute atomic E-state index is 0.0269. The molecular weight excluding hydrogens is 693 g/mol. The van der Waals surface area contributed by atoms with Gasteiger partial charge in [-0.15, -0.1) is 5.10 Å². The lowest BCUT2D eigenvalue weighted by Crippen LogP contribution is -2.51. The molecule has 0 unspecified atom stereocenters. The molecule has 18 heteroatoms. The number of piperazine rings is 1. The number of nitrogens with one attached hydrogen (secondary N) is 1. The number of fused-ring (bicyclic) bond motifs is 2. The first-order valence-electron chi connectivity index (χ1n) is 15.7. The van der Waals surface area contributed by atoms with Gasteiger partial charge in [0, 0.05) is 50.3 Å². The van der Waals surface area contributed by atoms with E-state index >= 15 is 0 Å². The molecule has 0 aliphatic carbocycles. The number of halogens is 4. The van der Waals surface area contributed by atoms with E-state index in [1.165, 1.54) is 23.2 Å². The Morgan fingerprint density at radius 1 is 1.04 bits per heavy atom. The highest BCUT2D eigenvalue weighted by Crippen LogP contribution is 2.34. The second-order valence-corrected chi connectivity index (χ2v) is 12.1. The van der Waals surface area contributed by atoms with Gasteiger partial charge in [-0.1, -0.05) is 18.5 Å². The molecule has 1 saturated heterocycles. The summed E-state index contributed by atoms with van der Waals surface area (Å²) in [7, 11) is 0. The third kappa shape index (κ3) is 6.31. The molecule has 0 atom stereocenters. The number of hydrogen-bond acceptors (Lipinski definition) is 9. The third-order valence-corrected chi connectivity index (χ3v) is 8.88. The molecule has 262 valence electrons. The van der Waals surface area contributed by atoms with Crippen LogP contribution in [0, 0.1) is 0 Å². The summed E-state index contributed by atoms with van der Waals surface area (Å²) in [5.41, 5.74) is 0.492. The van der Waals surface area contributed by atoms with Gasteiger partial charge in [0.15, 0.2) is 11.5 Å². The zero-order valence-electron chi connectivity index (χ0n) is 26.8. The van der Waals surface area contributed by atoms with Gasteiger partial charge in [0.05, 0.1) is 27.5 Å². The molecule has 1 fully saturated rings. The minimum Gasteiger partial charge on any atom is -0.505 e. The first-order valence-corrected chi connectivity index (χ1v) is 16.1. The van der Waals surface area contributed by atoms with Gasteiger partial charge < -0.3 is 24.8 Å². The Balaban J connectivity index is 1.26. The summed E-state index contributed by atoms with van der Waals surface area (Å²) in [6.07, 6.45) is 0.426. The van der Waals surface area contributed by atoms with Gasteiger partial charge in [0.2, 0.25) is 11.7 Å². The highest BCUT2D eigenvalue weighted by atomic mass is 35.5. The number of alkyl halides is 3. The Morgan fingerprint density at radius 3 is 2.53 bits per heavy atom. The van der Waals surface area contributed by atoms with Crippen molar-refractivity contribution >= 4 is 46.1 Å². The van der Waals surface area contributed by atoms with Crippen LogP contribution >= 0.6 is 11.6 Å². The Morgan fingerprint density at radius 2 is 1.82 bits per heavy atom. The molecule has 1 aliphatic rings. The molecule has 5 aromatic heterocycles. The number of pyridine rings is 2. The zero-order valence-corrected chi connectivity index (χ0v) is 27.6. The first-order chi connectivity index (χ1) is 24.4. The number of amides is 2. The molecule has 2 amide bonds. The third-order valence-electron chi connectivity index (χ3n) is 8.56. The van der Waals surface area contributed by atoms with Gasteiger partial charge in [-0.2, -0.15) is 27.8 Å². The summed E-state index contributed by atoms with van der Waals surface area (Å²) in [6.45, 7) is 2.30. The molecular formula is C33H28ClF3N10O4. The Bertz CT molecular complexity index is 2380. The van der Waals surface area contributed by atoms with Crippen LogP contribution in [0.15, 0.2) is 71.9 Å². The van der Waals surface area contributed by atoms with Crippen molar-refractivity contribution in [3.63, 3.8) is 0 Å². The molecule has 1 aliphatic heterocycles. The lowest BCUT2D eigenvalue weighted by molar-refractivity contribution is -0.137. The molecule has 6 heterocycles. The number of nitrogens with zero attached hydrogens (tertiary/aromatic N) is 9. The van der Waals surface area contributed by atoms with Crippen molar-refractivity contribution in [2.24, 2.45) is 0 Å². The maximum atomic E-state index is 14.2. The summed E-state index contributed by atoms with van der Waals surface area (Å²) < 4.78 is 44.0. The molecule has 0 spiro atoms. The van der Waals surface area contributed by atoms with Crippen molar-refractivity contribution in [2.75, 3.05) is 36.4 Å². The molecule has 0 saturated carbocycles. The van der Waals surface area contributed by atoms with Crippen LogP contribution in [0.1, 0.15) is 28.7 Å². The number of carbonyl (C=O) groups excluding carboxylic acids is 2. The van der Waals surface area contributed by atoms with Crippen molar-refractivity contribution in [1.82, 2.24) is 38.7 Å². The normalized spacial score (nSPS) is 13.7. The van der Waals surface area contributed by atoms with Crippen molar-refractivity contribution in [3.05, 3.63) is 99.4 Å². The molecule has 1 aromatic carbocycles. The quantitative estimate of drug-likeness (QED) is 0.248. The van der Waals surface area contributed by atoms with Gasteiger partial charge in [-0.05, 0) is 55.0 Å². The second kappa shape index (κ2) is 13.1. The number of carbonyl (C=O) groups is 2. The van der Waals surface area contributed by atoms with Gasteiger partial charge in [0.25, 0.3) is 11.5 Å². The van der Waals surface area contributed by atoms with Gasteiger partial charge in [-0.25, -0.2) is 9.50 Å². The van der Waals surface area contributed by atoms with Crippen LogP contribution in [-0.2, 0) is 23.9 Å². The summed E-state index contributed by atoms with van der Waals surface area (Å²) in [6, 6.07) is 10.8. The standard InChI is InChI=1S/C33H28ClF3N10O4/c1-2-24-28(43-12-14-44(15-13-43)30(50)27-25(48)4-3-9-38-27)31(51)47-32(41-29(42-47)19-8-11-46-21(16-19)7-10-39-46)45(24)18-26(49)40-23-6-5-20(17-22(23)34)33(35,36)37/h3-11,16-17,48H,2,12-15,18H2,1H3,(H,40,49). The Hall–Kier alpha value is -5.97. The van der Waals surface area contributed by atoms with Crippen LogP contribution in [0.2, 0.25) is 5.02 Å². The predicted octanol–water partition coefficient (Wildman–Crippen LogP) is 4.14.